The van der Waals surface area contributed by atoms with Gasteiger partial charge in [-0.05, 0) is 26.0 Å². The van der Waals surface area contributed by atoms with Crippen LogP contribution in [-0.2, 0) is 24.7 Å². The lowest BCUT2D eigenvalue weighted by Gasteiger charge is -2.21. The zero-order valence-electron chi connectivity index (χ0n) is 11.2. The molecule has 0 spiro atoms. The number of hydrogen-bond donors (Lipinski definition) is 0. The number of nitrogens with zero attached hydrogens (tertiary/aromatic N) is 1. The van der Waals surface area contributed by atoms with Gasteiger partial charge in [0.25, 0.3) is 0 Å². The van der Waals surface area contributed by atoms with Crippen molar-refractivity contribution in [2.45, 2.75) is 19.5 Å². The summed E-state index contributed by atoms with van der Waals surface area (Å²) in [7, 11) is 0. The maximum Gasteiger partial charge on any atom is 0.360 e. The van der Waals surface area contributed by atoms with Crippen LogP contribution in [0, 0.1) is 11.3 Å². The number of nitriles is 1. The second kappa shape index (κ2) is 6.66. The quantitative estimate of drug-likeness (QED) is 0.607. The van der Waals surface area contributed by atoms with Crippen LogP contribution in [0.3, 0.4) is 0 Å². The van der Waals surface area contributed by atoms with Crippen molar-refractivity contribution >= 4 is 11.9 Å². The van der Waals surface area contributed by atoms with Crippen LogP contribution in [0.15, 0.2) is 24.3 Å². The van der Waals surface area contributed by atoms with Gasteiger partial charge in [0.05, 0.1) is 24.8 Å². The van der Waals surface area contributed by atoms with Crippen LogP contribution in [0.5, 0.6) is 0 Å². The van der Waals surface area contributed by atoms with Crippen molar-refractivity contribution in [3.8, 4) is 6.07 Å². The third-order valence-corrected chi connectivity index (χ3v) is 2.50. The third kappa shape index (κ3) is 2.94. The van der Waals surface area contributed by atoms with Crippen molar-refractivity contribution in [3.05, 3.63) is 35.4 Å². The monoisotopic (exact) mass is 279 g/mol. The number of benzene rings is 1. The molecule has 1 aromatic rings. The largest absolute Gasteiger partial charge is 0.463 e. The predicted molar refractivity (Wildman–Crippen MR) is 67.2 cm³/mol. The highest BCUT2D eigenvalue weighted by Gasteiger charge is 2.51. The molecule has 0 aliphatic heterocycles. The molecule has 0 bridgehead atoms. The van der Waals surface area contributed by atoms with E-state index >= 15 is 0 Å². The second-order valence-electron chi connectivity index (χ2n) is 3.79. The average molecular weight is 279 g/mol. The van der Waals surface area contributed by atoms with Gasteiger partial charge in [-0.1, -0.05) is 12.1 Å². The summed E-state index contributed by atoms with van der Waals surface area (Å²) in [5.41, 5.74) is -3.23. The van der Waals surface area contributed by atoms with Crippen molar-refractivity contribution in [1.29, 1.82) is 5.26 Å². The minimum absolute atomic E-state index is 0.0815. The van der Waals surface area contributed by atoms with Gasteiger partial charge in [-0.15, -0.1) is 0 Å². The Kier molecular flexibility index (Phi) is 5.21. The average Bonchev–Trinajstić information content (AvgIpc) is 2.46. The molecule has 20 heavy (non-hydrogen) atoms. The molecule has 0 amide bonds. The standard InChI is InChI=1S/C14H14FNO4/c1-3-19-12(17)14(15,13(18)20-4-2)11-7-5-6-10(8-11)9-16/h5-8H,3-4H2,1-2H3. The molecule has 0 aliphatic carbocycles. The number of halogens is 1. The van der Waals surface area contributed by atoms with E-state index in [1.54, 1.807) is 0 Å². The van der Waals surface area contributed by atoms with E-state index in [-0.39, 0.29) is 24.3 Å². The van der Waals surface area contributed by atoms with E-state index in [2.05, 4.69) is 9.47 Å². The number of ether oxygens (including phenoxy) is 2. The van der Waals surface area contributed by atoms with Crippen LogP contribution in [-0.4, -0.2) is 25.2 Å². The van der Waals surface area contributed by atoms with Gasteiger partial charge in [0.2, 0.25) is 0 Å². The highest BCUT2D eigenvalue weighted by atomic mass is 19.1. The molecule has 1 rings (SSSR count). The van der Waals surface area contributed by atoms with Crippen LogP contribution in [0.25, 0.3) is 0 Å². The van der Waals surface area contributed by atoms with Crippen LogP contribution in [0.1, 0.15) is 25.0 Å². The van der Waals surface area contributed by atoms with Gasteiger partial charge >= 0.3 is 17.6 Å². The first kappa shape index (κ1) is 15.6. The highest BCUT2D eigenvalue weighted by molar-refractivity contribution is 6.04. The van der Waals surface area contributed by atoms with Gasteiger partial charge in [0.1, 0.15) is 0 Å². The summed E-state index contributed by atoms with van der Waals surface area (Å²) in [6.07, 6.45) is 0. The molecule has 0 aliphatic rings. The van der Waals surface area contributed by atoms with Crippen molar-refractivity contribution < 1.29 is 23.5 Å². The predicted octanol–water partition coefficient (Wildman–Crippen LogP) is 1.85. The zero-order valence-corrected chi connectivity index (χ0v) is 11.2. The Hall–Kier alpha value is -2.42. The molecule has 0 saturated heterocycles. The Morgan fingerprint density at radius 2 is 1.80 bits per heavy atom. The molecule has 1 aromatic carbocycles. The van der Waals surface area contributed by atoms with Crippen molar-refractivity contribution in [2.24, 2.45) is 0 Å². The molecule has 0 unspecified atom stereocenters. The van der Waals surface area contributed by atoms with Gasteiger partial charge in [-0.2, -0.15) is 5.26 Å². The SMILES string of the molecule is CCOC(=O)C(F)(C(=O)OCC)c1cccc(C#N)c1. The lowest BCUT2D eigenvalue weighted by atomic mass is 9.94. The molecule has 5 nitrogen and oxygen atoms in total. The van der Waals surface area contributed by atoms with E-state index < -0.39 is 17.6 Å². The molecule has 6 heteroatoms. The topological polar surface area (TPSA) is 76.4 Å². The smallest absolute Gasteiger partial charge is 0.360 e. The first-order valence-electron chi connectivity index (χ1n) is 6.04. The van der Waals surface area contributed by atoms with Crippen molar-refractivity contribution in [1.82, 2.24) is 0 Å². The summed E-state index contributed by atoms with van der Waals surface area (Å²) < 4.78 is 24.2. The lowest BCUT2D eigenvalue weighted by molar-refractivity contribution is -0.175. The van der Waals surface area contributed by atoms with Crippen molar-refractivity contribution in [2.75, 3.05) is 13.2 Å². The molecular formula is C14H14FNO4. The van der Waals surface area contributed by atoms with E-state index in [0.29, 0.717) is 0 Å². The summed E-state index contributed by atoms with van der Waals surface area (Å²) in [5.74, 6) is -2.71. The van der Waals surface area contributed by atoms with Crippen LogP contribution < -0.4 is 0 Å². The second-order valence-corrected chi connectivity index (χ2v) is 3.79. The van der Waals surface area contributed by atoms with Gasteiger partial charge in [-0.25, -0.2) is 14.0 Å². The fraction of sp³-hybridized carbons (Fsp3) is 0.357. The van der Waals surface area contributed by atoms with Gasteiger partial charge in [-0.3, -0.25) is 0 Å². The number of carbonyl (C=O) groups excluding carboxylic acids is 2. The Balaban J connectivity index is 3.32. The summed E-state index contributed by atoms with van der Waals surface area (Å²) >= 11 is 0. The molecule has 0 radical (unpaired) electrons. The van der Waals surface area contributed by atoms with E-state index in [9.17, 15) is 14.0 Å². The Morgan fingerprint density at radius 3 is 2.25 bits per heavy atom. The number of esters is 2. The molecule has 0 atom stereocenters. The van der Waals surface area contributed by atoms with Gasteiger partial charge in [0.15, 0.2) is 0 Å². The molecule has 0 heterocycles. The maximum absolute atomic E-state index is 14.9. The van der Waals surface area contributed by atoms with Crippen molar-refractivity contribution in [3.63, 3.8) is 0 Å². The van der Waals surface area contributed by atoms with E-state index in [1.807, 2.05) is 6.07 Å². The molecule has 106 valence electrons. The number of hydrogen-bond acceptors (Lipinski definition) is 5. The third-order valence-electron chi connectivity index (χ3n) is 2.50. The summed E-state index contributed by atoms with van der Waals surface area (Å²) in [4.78, 5) is 23.6. The first-order chi connectivity index (χ1) is 9.50. The van der Waals surface area contributed by atoms with Crippen LogP contribution in [0.4, 0.5) is 4.39 Å². The molecule has 0 aromatic heterocycles. The summed E-state index contributed by atoms with van der Waals surface area (Å²) in [6, 6.07) is 6.97. The summed E-state index contributed by atoms with van der Waals surface area (Å²) in [5, 5.41) is 8.81. The van der Waals surface area contributed by atoms with E-state index in [4.69, 9.17) is 5.26 Å². The summed E-state index contributed by atoms with van der Waals surface area (Å²) in [6.45, 7) is 2.83. The molecule has 0 saturated carbocycles. The lowest BCUT2D eigenvalue weighted by Crippen LogP contribution is -2.42. The fourth-order valence-electron chi connectivity index (χ4n) is 1.58. The zero-order chi connectivity index (χ0) is 15.2. The number of rotatable bonds is 5. The Bertz CT molecular complexity index is 532. The van der Waals surface area contributed by atoms with E-state index in [1.165, 1.54) is 32.0 Å². The first-order valence-corrected chi connectivity index (χ1v) is 6.04. The van der Waals surface area contributed by atoms with Gasteiger partial charge < -0.3 is 9.47 Å². The molecular weight excluding hydrogens is 265 g/mol. The maximum atomic E-state index is 14.9. The van der Waals surface area contributed by atoms with Crippen LogP contribution >= 0.6 is 0 Å². The van der Waals surface area contributed by atoms with Gasteiger partial charge in [0, 0.05) is 5.56 Å². The highest BCUT2D eigenvalue weighted by Crippen LogP contribution is 2.30. The minimum Gasteiger partial charge on any atom is -0.463 e. The fourth-order valence-corrected chi connectivity index (χ4v) is 1.58. The Labute approximate surface area is 115 Å². The van der Waals surface area contributed by atoms with Crippen LogP contribution in [0.2, 0.25) is 0 Å². The number of alkyl halides is 1. The normalized spacial score (nSPS) is 10.5. The number of carbonyl (C=O) groups is 2. The minimum atomic E-state index is -3.07. The molecule has 0 N–H and O–H groups in total. The Morgan fingerprint density at radius 1 is 1.25 bits per heavy atom. The van der Waals surface area contributed by atoms with E-state index in [0.717, 1.165) is 6.07 Å². The molecule has 0 fully saturated rings.